The molecule has 0 saturated carbocycles. The minimum absolute atomic E-state index is 0.0551. The van der Waals surface area contributed by atoms with Crippen LogP contribution in [0, 0.1) is 5.92 Å². The Morgan fingerprint density at radius 2 is 2.00 bits per heavy atom. The molecule has 0 spiro atoms. The van der Waals surface area contributed by atoms with Gasteiger partial charge in [-0.3, -0.25) is 4.79 Å². The lowest BCUT2D eigenvalue weighted by molar-refractivity contribution is -0.120. The van der Waals surface area contributed by atoms with Crippen molar-refractivity contribution in [3.05, 3.63) is 29.8 Å². The van der Waals surface area contributed by atoms with Crippen LogP contribution in [-0.4, -0.2) is 18.9 Å². The summed E-state index contributed by atoms with van der Waals surface area (Å²) in [6.07, 6.45) is 0.337. The Hall–Kier alpha value is -1.35. The van der Waals surface area contributed by atoms with Gasteiger partial charge in [-0.25, -0.2) is 0 Å². The molecule has 0 saturated heterocycles. The zero-order valence-electron chi connectivity index (χ0n) is 10.1. The Kier molecular flexibility index (Phi) is 4.50. The molecule has 1 aromatic rings. The number of benzene rings is 1. The Labute approximate surface area is 96.6 Å². The van der Waals surface area contributed by atoms with E-state index in [1.165, 1.54) is 0 Å². The van der Waals surface area contributed by atoms with Gasteiger partial charge in [0.1, 0.15) is 5.75 Å². The van der Waals surface area contributed by atoms with E-state index in [2.05, 4.69) is 0 Å². The highest BCUT2D eigenvalue weighted by Crippen LogP contribution is 2.18. The third kappa shape index (κ3) is 3.07. The van der Waals surface area contributed by atoms with Crippen LogP contribution in [-0.2, 0) is 11.2 Å². The number of para-hydroxylation sites is 1. The van der Waals surface area contributed by atoms with Gasteiger partial charge in [0.05, 0.1) is 13.2 Å². The van der Waals surface area contributed by atoms with Crippen molar-refractivity contribution >= 4 is 5.78 Å². The summed E-state index contributed by atoms with van der Waals surface area (Å²) in [6.45, 7) is 3.90. The maximum Gasteiger partial charge on any atom is 0.154 e. The minimum Gasteiger partial charge on any atom is -0.496 e. The molecule has 0 aliphatic rings. The zero-order valence-corrected chi connectivity index (χ0v) is 10.1. The van der Waals surface area contributed by atoms with Crippen molar-refractivity contribution in [2.75, 3.05) is 7.11 Å². The minimum atomic E-state index is -0.398. The highest BCUT2D eigenvalue weighted by Gasteiger charge is 2.18. The first-order valence-corrected chi connectivity index (χ1v) is 5.46. The molecule has 3 nitrogen and oxygen atoms in total. The smallest absolute Gasteiger partial charge is 0.154 e. The molecule has 0 bridgehead atoms. The number of carbonyl (C=O) groups excluding carboxylic acids is 1. The molecule has 2 N–H and O–H groups in total. The van der Waals surface area contributed by atoms with Crippen LogP contribution in [0.4, 0.5) is 0 Å². The van der Waals surface area contributed by atoms with Crippen molar-refractivity contribution in [3.63, 3.8) is 0 Å². The first kappa shape index (κ1) is 12.7. The van der Waals surface area contributed by atoms with Gasteiger partial charge in [-0.05, 0) is 12.0 Å². The van der Waals surface area contributed by atoms with Crippen molar-refractivity contribution in [2.24, 2.45) is 11.7 Å². The molecule has 1 rings (SSSR count). The first-order chi connectivity index (χ1) is 7.56. The van der Waals surface area contributed by atoms with Crippen molar-refractivity contribution in [2.45, 2.75) is 26.3 Å². The number of carbonyl (C=O) groups is 1. The second-order valence-corrected chi connectivity index (χ2v) is 4.22. The zero-order chi connectivity index (χ0) is 12.1. The third-order valence-corrected chi connectivity index (χ3v) is 2.65. The number of ketones is 1. The molecule has 0 aromatic heterocycles. The second kappa shape index (κ2) is 5.66. The van der Waals surface area contributed by atoms with Crippen molar-refractivity contribution in [1.82, 2.24) is 0 Å². The molecule has 0 aliphatic heterocycles. The average Bonchev–Trinajstić information content (AvgIpc) is 2.28. The van der Waals surface area contributed by atoms with Crippen LogP contribution < -0.4 is 10.5 Å². The molecular formula is C13H19NO2. The number of rotatable bonds is 5. The van der Waals surface area contributed by atoms with E-state index in [0.717, 1.165) is 11.3 Å². The topological polar surface area (TPSA) is 52.3 Å². The van der Waals surface area contributed by atoms with Gasteiger partial charge >= 0.3 is 0 Å². The van der Waals surface area contributed by atoms with Crippen LogP contribution >= 0.6 is 0 Å². The molecule has 0 fully saturated rings. The lowest BCUT2D eigenvalue weighted by Gasteiger charge is -2.15. The van der Waals surface area contributed by atoms with Gasteiger partial charge < -0.3 is 10.5 Å². The monoisotopic (exact) mass is 221 g/mol. The van der Waals surface area contributed by atoms with Crippen molar-refractivity contribution < 1.29 is 9.53 Å². The van der Waals surface area contributed by atoms with E-state index in [0.29, 0.717) is 6.42 Å². The lowest BCUT2D eigenvalue weighted by Crippen LogP contribution is -2.36. The van der Waals surface area contributed by atoms with E-state index in [4.69, 9.17) is 10.5 Å². The summed E-state index contributed by atoms with van der Waals surface area (Å²) in [7, 11) is 1.60. The molecule has 3 heteroatoms. The fourth-order valence-corrected chi connectivity index (χ4v) is 1.53. The fourth-order valence-electron chi connectivity index (χ4n) is 1.53. The van der Waals surface area contributed by atoms with E-state index in [1.807, 2.05) is 38.1 Å². The normalized spacial score (nSPS) is 12.6. The highest BCUT2D eigenvalue weighted by molar-refractivity contribution is 5.86. The van der Waals surface area contributed by atoms with E-state index >= 15 is 0 Å². The number of ether oxygens (including phenoxy) is 1. The lowest BCUT2D eigenvalue weighted by atomic mass is 9.96. The predicted molar refractivity (Wildman–Crippen MR) is 64.5 cm³/mol. The van der Waals surface area contributed by atoms with Crippen molar-refractivity contribution in [1.29, 1.82) is 0 Å². The van der Waals surface area contributed by atoms with Gasteiger partial charge in [0, 0.05) is 12.0 Å². The number of methoxy groups -OCH3 is 1. The van der Waals surface area contributed by atoms with E-state index in [9.17, 15) is 4.79 Å². The van der Waals surface area contributed by atoms with Gasteiger partial charge in [-0.1, -0.05) is 32.0 Å². The molecule has 1 unspecified atom stereocenters. The van der Waals surface area contributed by atoms with Gasteiger partial charge in [0.25, 0.3) is 0 Å². The highest BCUT2D eigenvalue weighted by atomic mass is 16.5. The number of hydrogen-bond donors (Lipinski definition) is 1. The Morgan fingerprint density at radius 1 is 1.38 bits per heavy atom. The van der Waals surface area contributed by atoms with Crippen LogP contribution in [0.5, 0.6) is 5.75 Å². The second-order valence-electron chi connectivity index (χ2n) is 4.22. The van der Waals surface area contributed by atoms with E-state index in [-0.39, 0.29) is 11.7 Å². The SMILES string of the molecule is COc1ccccc1CC(=O)C(N)C(C)C. The quantitative estimate of drug-likeness (QED) is 0.824. The van der Waals surface area contributed by atoms with Gasteiger partial charge in [0.2, 0.25) is 0 Å². The largest absolute Gasteiger partial charge is 0.496 e. The standard InChI is InChI=1S/C13H19NO2/c1-9(2)13(14)11(15)8-10-6-4-5-7-12(10)16-3/h4-7,9,13H,8,14H2,1-3H3. The summed E-state index contributed by atoms with van der Waals surface area (Å²) in [6, 6.07) is 7.12. The van der Waals surface area contributed by atoms with Crippen LogP contribution in [0.3, 0.4) is 0 Å². The van der Waals surface area contributed by atoms with E-state index in [1.54, 1.807) is 7.11 Å². The summed E-state index contributed by atoms with van der Waals surface area (Å²) in [4.78, 5) is 11.8. The molecule has 1 atom stereocenters. The molecule has 0 heterocycles. The molecule has 0 aliphatic carbocycles. The van der Waals surface area contributed by atoms with Crippen LogP contribution in [0.15, 0.2) is 24.3 Å². The predicted octanol–water partition coefficient (Wildman–Crippen LogP) is 1.79. The number of hydrogen-bond acceptors (Lipinski definition) is 3. The number of nitrogens with two attached hydrogens (primary N) is 1. The Morgan fingerprint density at radius 3 is 2.56 bits per heavy atom. The Bertz CT molecular complexity index is 361. The molecule has 0 amide bonds. The van der Waals surface area contributed by atoms with E-state index < -0.39 is 6.04 Å². The van der Waals surface area contributed by atoms with Crippen molar-refractivity contribution in [3.8, 4) is 5.75 Å². The maximum atomic E-state index is 11.8. The first-order valence-electron chi connectivity index (χ1n) is 5.46. The Balaban J connectivity index is 2.76. The third-order valence-electron chi connectivity index (χ3n) is 2.65. The van der Waals surface area contributed by atoms with Crippen LogP contribution in [0.25, 0.3) is 0 Å². The molecular weight excluding hydrogens is 202 g/mol. The number of Topliss-reactive ketones (excluding diaryl/α,β-unsaturated/α-hetero) is 1. The van der Waals surface area contributed by atoms with Gasteiger partial charge in [-0.15, -0.1) is 0 Å². The summed E-state index contributed by atoms with van der Waals surface area (Å²) in [5.74, 6) is 0.966. The summed E-state index contributed by atoms with van der Waals surface area (Å²) >= 11 is 0. The molecule has 1 aromatic carbocycles. The average molecular weight is 221 g/mol. The fraction of sp³-hybridized carbons (Fsp3) is 0.462. The van der Waals surface area contributed by atoms with Crippen LogP contribution in [0.1, 0.15) is 19.4 Å². The molecule has 88 valence electrons. The van der Waals surface area contributed by atoms with Gasteiger partial charge in [0.15, 0.2) is 5.78 Å². The molecule has 0 radical (unpaired) electrons. The summed E-state index contributed by atoms with van der Waals surface area (Å²) < 4.78 is 5.19. The summed E-state index contributed by atoms with van der Waals surface area (Å²) in [5.41, 5.74) is 6.70. The molecule has 16 heavy (non-hydrogen) atoms. The maximum absolute atomic E-state index is 11.8. The van der Waals surface area contributed by atoms with Crippen LogP contribution in [0.2, 0.25) is 0 Å². The summed E-state index contributed by atoms with van der Waals surface area (Å²) in [5, 5.41) is 0. The van der Waals surface area contributed by atoms with Gasteiger partial charge in [-0.2, -0.15) is 0 Å².